The Labute approximate surface area is 276 Å². The molecule has 3 aromatic rings. The predicted octanol–water partition coefficient (Wildman–Crippen LogP) is 3.93. The van der Waals surface area contributed by atoms with Gasteiger partial charge in [0.05, 0.1) is 55.5 Å². The molecule has 48 heavy (non-hydrogen) atoms. The summed E-state index contributed by atoms with van der Waals surface area (Å²) in [4.78, 5) is 29.5. The van der Waals surface area contributed by atoms with E-state index in [0.717, 1.165) is 19.0 Å². The van der Waals surface area contributed by atoms with Gasteiger partial charge in [0.15, 0.2) is 0 Å². The summed E-state index contributed by atoms with van der Waals surface area (Å²) in [6, 6.07) is 9.42. The van der Waals surface area contributed by atoms with Crippen molar-refractivity contribution in [2.45, 2.75) is 62.3 Å². The van der Waals surface area contributed by atoms with Crippen molar-refractivity contribution in [2.24, 2.45) is 5.73 Å². The van der Waals surface area contributed by atoms with Crippen LogP contribution >= 0.6 is 0 Å². The third-order valence-electron chi connectivity index (χ3n) is 8.72. The number of nitrogens with zero attached hydrogens (tertiary/aromatic N) is 1. The number of carbonyl (C=O) groups is 2. The second-order valence-corrected chi connectivity index (χ2v) is 12.0. The van der Waals surface area contributed by atoms with Crippen molar-refractivity contribution in [3.05, 3.63) is 95.1 Å². The number of benzene rings is 2. The molecule has 2 saturated heterocycles. The quantitative estimate of drug-likeness (QED) is 0.253. The van der Waals surface area contributed by atoms with Crippen molar-refractivity contribution in [1.29, 1.82) is 0 Å². The van der Waals surface area contributed by atoms with E-state index in [-0.39, 0.29) is 42.5 Å². The van der Waals surface area contributed by atoms with E-state index in [2.05, 4.69) is 33.0 Å². The van der Waals surface area contributed by atoms with Gasteiger partial charge in [-0.3, -0.25) is 15.1 Å². The third kappa shape index (κ3) is 8.70. The number of ether oxygens (including phenoxy) is 3. The molecule has 10 nitrogen and oxygen atoms in total. The zero-order valence-electron chi connectivity index (χ0n) is 26.4. The molecule has 0 spiro atoms. The zero-order chi connectivity index (χ0) is 34.1. The standard InChI is InChI=1S/C35H38F3N5O5/c1-35(22-4-8-24(36)9-5-22,23-6-10-25(37)11-7-23)32(39)33(44)43-31-19-40-18-30(38)29(31)13-12-28-17-41-26(21-48-28)14-16-47-34(45)42-27-3-2-15-46-20-27/h4-11,18-19,26-28,32,41H,2-3,12-13,15,17,20-21,39H2,1H3,(H,42,45)(H,43,44). The number of alkyl carbamates (subject to hydrolysis) is 1. The molecule has 4 unspecified atom stereocenters. The number of rotatable bonds is 9. The number of aromatic nitrogens is 1. The highest BCUT2D eigenvalue weighted by atomic mass is 19.1. The summed E-state index contributed by atoms with van der Waals surface area (Å²) >= 11 is 0. The second-order valence-electron chi connectivity index (χ2n) is 12.0. The third-order valence-corrected chi connectivity index (χ3v) is 8.72. The van der Waals surface area contributed by atoms with Crippen molar-refractivity contribution in [2.75, 3.05) is 31.7 Å². The Bertz CT molecular complexity index is 1570. The van der Waals surface area contributed by atoms with Crippen LogP contribution in [0, 0.1) is 29.5 Å². The Morgan fingerprint density at radius 1 is 1.08 bits per heavy atom. The van der Waals surface area contributed by atoms with E-state index < -0.39 is 40.9 Å². The van der Waals surface area contributed by atoms with Gasteiger partial charge in [-0.25, -0.2) is 18.0 Å². The molecule has 254 valence electrons. The number of hydrogen-bond donors (Lipinski definition) is 4. The lowest BCUT2D eigenvalue weighted by Gasteiger charge is -2.36. The van der Waals surface area contributed by atoms with Gasteiger partial charge in [0, 0.05) is 24.1 Å². The van der Waals surface area contributed by atoms with Crippen LogP contribution in [0.2, 0.25) is 0 Å². The fourth-order valence-electron chi connectivity index (χ4n) is 5.82. The maximum atomic E-state index is 15.1. The Hall–Kier alpha value is -4.48. The molecule has 4 atom stereocenters. The molecule has 2 aliphatic heterocycles. The number of nitrogens with one attached hydrogen (secondary N) is 3. The van der Waals surface area contributed by atoms with E-state index in [0.29, 0.717) is 37.3 Å². The number of amides is 2. The molecule has 0 bridgehead atoms. The Balaban J connectivity index is 1.18. The normalized spacial score (nSPS) is 20.1. The predicted molar refractivity (Wildman–Crippen MR) is 171 cm³/mol. The first-order valence-corrected chi connectivity index (χ1v) is 15.7. The van der Waals surface area contributed by atoms with E-state index in [1.54, 1.807) is 6.92 Å². The first kappa shape index (κ1) is 34.8. The van der Waals surface area contributed by atoms with Gasteiger partial charge < -0.3 is 30.6 Å². The Morgan fingerprint density at radius 3 is 2.38 bits per heavy atom. The van der Waals surface area contributed by atoms with Gasteiger partial charge in [-0.2, -0.15) is 0 Å². The highest BCUT2D eigenvalue weighted by molar-refractivity contribution is 5.97. The van der Waals surface area contributed by atoms with Crippen LogP contribution in [0.5, 0.6) is 0 Å². The SMILES string of the molecule is CC(c1ccc(F)cc1)(c1ccc(F)cc1)C(N)C(=O)Nc1cncc(F)c1CCC1CNC(C#COC(=O)NC2CCCOC2)CO1. The van der Waals surface area contributed by atoms with Crippen molar-refractivity contribution < 1.29 is 37.0 Å². The van der Waals surface area contributed by atoms with E-state index >= 15 is 4.39 Å². The molecule has 3 heterocycles. The molecule has 2 aromatic carbocycles. The minimum Gasteiger partial charge on any atom is -0.379 e. The number of halogens is 3. The Morgan fingerprint density at radius 2 is 1.77 bits per heavy atom. The van der Waals surface area contributed by atoms with Crippen molar-refractivity contribution >= 4 is 17.7 Å². The molecule has 2 fully saturated rings. The van der Waals surface area contributed by atoms with Crippen LogP contribution in [0.4, 0.5) is 23.7 Å². The maximum Gasteiger partial charge on any atom is 0.421 e. The van der Waals surface area contributed by atoms with Gasteiger partial charge in [-0.15, -0.1) is 0 Å². The van der Waals surface area contributed by atoms with E-state index in [1.807, 2.05) is 0 Å². The van der Waals surface area contributed by atoms with Crippen molar-refractivity contribution in [3.8, 4) is 12.0 Å². The Kier molecular flexibility index (Phi) is 11.7. The zero-order valence-corrected chi connectivity index (χ0v) is 26.4. The smallest absolute Gasteiger partial charge is 0.379 e. The maximum absolute atomic E-state index is 15.1. The summed E-state index contributed by atoms with van der Waals surface area (Å²) in [7, 11) is 0. The van der Waals surface area contributed by atoms with Gasteiger partial charge in [-0.05, 0) is 73.9 Å². The lowest BCUT2D eigenvalue weighted by Crippen LogP contribution is -2.52. The summed E-state index contributed by atoms with van der Waals surface area (Å²) in [5.41, 5.74) is 6.82. The molecule has 0 saturated carbocycles. The lowest BCUT2D eigenvalue weighted by molar-refractivity contribution is -0.118. The molecule has 0 aliphatic carbocycles. The van der Waals surface area contributed by atoms with Crippen LogP contribution in [-0.4, -0.2) is 67.6 Å². The number of pyridine rings is 1. The minimum absolute atomic E-state index is 0.0937. The molecule has 13 heteroatoms. The minimum atomic E-state index is -1.25. The van der Waals surface area contributed by atoms with Gasteiger partial charge in [-0.1, -0.05) is 24.3 Å². The van der Waals surface area contributed by atoms with E-state index in [1.165, 1.54) is 54.7 Å². The highest BCUT2D eigenvalue weighted by Gasteiger charge is 2.40. The van der Waals surface area contributed by atoms with Crippen molar-refractivity contribution in [3.63, 3.8) is 0 Å². The van der Waals surface area contributed by atoms with Crippen molar-refractivity contribution in [1.82, 2.24) is 15.6 Å². The first-order chi connectivity index (χ1) is 23.1. The molecular weight excluding hydrogens is 627 g/mol. The second kappa shape index (κ2) is 16.1. The van der Waals surface area contributed by atoms with Gasteiger partial charge in [0.25, 0.3) is 0 Å². The number of hydrogen-bond acceptors (Lipinski definition) is 8. The number of anilines is 1. The molecule has 5 rings (SSSR count). The van der Waals surface area contributed by atoms with Crippen LogP contribution in [0.3, 0.4) is 0 Å². The van der Waals surface area contributed by atoms with Gasteiger partial charge in [0.2, 0.25) is 5.91 Å². The summed E-state index contributed by atoms with van der Waals surface area (Å²) in [6.07, 6.45) is 6.22. The van der Waals surface area contributed by atoms with Crippen LogP contribution in [0.25, 0.3) is 0 Å². The van der Waals surface area contributed by atoms with Gasteiger partial charge in [0.1, 0.15) is 23.6 Å². The van der Waals surface area contributed by atoms with Crippen LogP contribution in [0.1, 0.15) is 42.9 Å². The fourth-order valence-corrected chi connectivity index (χ4v) is 5.82. The van der Waals surface area contributed by atoms with Crippen LogP contribution in [0.15, 0.2) is 60.9 Å². The fraction of sp³-hybridized carbons (Fsp3) is 0.400. The summed E-state index contributed by atoms with van der Waals surface area (Å²) in [6.45, 7) is 3.48. The average molecular weight is 666 g/mol. The monoisotopic (exact) mass is 665 g/mol. The lowest BCUT2D eigenvalue weighted by atomic mass is 9.70. The average Bonchev–Trinajstić information content (AvgIpc) is 3.09. The molecule has 1 aromatic heterocycles. The highest BCUT2D eigenvalue weighted by Crippen LogP contribution is 2.36. The summed E-state index contributed by atoms with van der Waals surface area (Å²) in [5.74, 6) is 0.635. The van der Waals surface area contributed by atoms with Gasteiger partial charge >= 0.3 is 6.09 Å². The number of nitrogens with two attached hydrogens (primary N) is 1. The molecular formula is C35H38F3N5O5. The molecule has 0 radical (unpaired) electrons. The summed E-state index contributed by atoms with van der Waals surface area (Å²) in [5, 5.41) is 8.67. The molecule has 5 N–H and O–H groups in total. The molecule has 2 aliphatic rings. The van der Waals surface area contributed by atoms with Crippen LogP contribution < -0.4 is 21.7 Å². The van der Waals surface area contributed by atoms with E-state index in [4.69, 9.17) is 19.9 Å². The number of morpholine rings is 1. The topological polar surface area (TPSA) is 137 Å². The first-order valence-electron chi connectivity index (χ1n) is 15.7. The largest absolute Gasteiger partial charge is 0.421 e. The van der Waals surface area contributed by atoms with E-state index in [9.17, 15) is 18.4 Å². The number of carbonyl (C=O) groups excluding carboxylic acids is 2. The summed E-state index contributed by atoms with van der Waals surface area (Å²) < 4.78 is 58.8. The molecule has 2 amide bonds. The van der Waals surface area contributed by atoms with Crippen LogP contribution in [-0.2, 0) is 30.8 Å².